The van der Waals surface area contributed by atoms with Gasteiger partial charge >= 0.3 is 0 Å². The number of methoxy groups -OCH3 is 2. The molecule has 1 saturated heterocycles. The number of nitrogens with two attached hydrogens (primary N) is 1. The Morgan fingerprint density at radius 3 is 2.79 bits per heavy atom. The summed E-state index contributed by atoms with van der Waals surface area (Å²) in [5.74, 6) is 1.53. The molecule has 2 rings (SSSR count). The lowest BCUT2D eigenvalue weighted by Crippen LogP contribution is -2.56. The molecule has 0 radical (unpaired) electrons. The van der Waals surface area contributed by atoms with E-state index in [0.29, 0.717) is 6.54 Å². The van der Waals surface area contributed by atoms with Crippen molar-refractivity contribution in [3.05, 3.63) is 18.2 Å². The van der Waals surface area contributed by atoms with Crippen molar-refractivity contribution in [3.63, 3.8) is 0 Å². The third-order valence-corrected chi connectivity index (χ3v) is 3.65. The molecule has 1 aliphatic heterocycles. The molecule has 1 atom stereocenters. The van der Waals surface area contributed by atoms with E-state index >= 15 is 0 Å². The molecule has 19 heavy (non-hydrogen) atoms. The van der Waals surface area contributed by atoms with Gasteiger partial charge in [0.1, 0.15) is 11.5 Å². The Kier molecular flexibility index (Phi) is 4.17. The molecule has 0 bridgehead atoms. The first kappa shape index (κ1) is 14.0. The Balaban J connectivity index is 2.25. The highest BCUT2D eigenvalue weighted by molar-refractivity contribution is 5.61. The van der Waals surface area contributed by atoms with Crippen molar-refractivity contribution < 1.29 is 14.6 Å². The van der Waals surface area contributed by atoms with E-state index in [0.717, 1.165) is 36.6 Å². The molecule has 3 N–H and O–H groups in total. The van der Waals surface area contributed by atoms with E-state index in [2.05, 4.69) is 4.90 Å². The first-order chi connectivity index (χ1) is 9.11. The molecule has 106 valence electrons. The smallest absolute Gasteiger partial charge is 0.145 e. The summed E-state index contributed by atoms with van der Waals surface area (Å²) in [7, 11) is 3.27. The van der Waals surface area contributed by atoms with Crippen LogP contribution in [0.4, 0.5) is 5.69 Å². The Morgan fingerprint density at radius 1 is 1.37 bits per heavy atom. The Labute approximate surface area is 113 Å². The van der Waals surface area contributed by atoms with Gasteiger partial charge in [-0.1, -0.05) is 0 Å². The van der Waals surface area contributed by atoms with E-state index < -0.39 is 5.54 Å². The van der Waals surface area contributed by atoms with E-state index in [1.54, 1.807) is 14.2 Å². The molecule has 0 aromatic heterocycles. The van der Waals surface area contributed by atoms with Crippen LogP contribution in [-0.2, 0) is 0 Å². The van der Waals surface area contributed by atoms with E-state index in [1.165, 1.54) is 0 Å². The second kappa shape index (κ2) is 5.67. The van der Waals surface area contributed by atoms with Crippen LogP contribution in [0.15, 0.2) is 18.2 Å². The SMILES string of the molecule is COc1ccc(N2CCCC(N)(CO)C2)c(OC)c1. The number of hydrogen-bond donors (Lipinski definition) is 2. The van der Waals surface area contributed by atoms with Crippen molar-refractivity contribution in [1.82, 2.24) is 0 Å². The molecule has 5 nitrogen and oxygen atoms in total. The number of aliphatic hydroxyl groups excluding tert-OH is 1. The van der Waals surface area contributed by atoms with E-state index in [9.17, 15) is 5.11 Å². The highest BCUT2D eigenvalue weighted by atomic mass is 16.5. The van der Waals surface area contributed by atoms with Crippen molar-refractivity contribution in [2.75, 3.05) is 38.8 Å². The molecule has 0 aliphatic carbocycles. The van der Waals surface area contributed by atoms with Crippen LogP contribution >= 0.6 is 0 Å². The molecule has 1 unspecified atom stereocenters. The van der Waals surface area contributed by atoms with Gasteiger partial charge in [-0.05, 0) is 25.0 Å². The van der Waals surface area contributed by atoms with Crippen LogP contribution in [0.5, 0.6) is 11.5 Å². The Bertz CT molecular complexity index is 439. The van der Waals surface area contributed by atoms with Gasteiger partial charge in [0.15, 0.2) is 0 Å². The first-order valence-electron chi connectivity index (χ1n) is 6.48. The summed E-state index contributed by atoms with van der Waals surface area (Å²) in [5.41, 5.74) is 6.64. The van der Waals surface area contributed by atoms with Crippen LogP contribution in [0.3, 0.4) is 0 Å². The fourth-order valence-corrected chi connectivity index (χ4v) is 2.54. The summed E-state index contributed by atoms with van der Waals surface area (Å²) in [6.07, 6.45) is 1.81. The van der Waals surface area contributed by atoms with Crippen LogP contribution in [0.2, 0.25) is 0 Å². The van der Waals surface area contributed by atoms with Crippen molar-refractivity contribution in [1.29, 1.82) is 0 Å². The molecule has 0 saturated carbocycles. The number of benzene rings is 1. The number of aliphatic hydroxyl groups is 1. The lowest BCUT2D eigenvalue weighted by Gasteiger charge is -2.40. The van der Waals surface area contributed by atoms with Crippen molar-refractivity contribution >= 4 is 5.69 Å². The van der Waals surface area contributed by atoms with Crippen LogP contribution < -0.4 is 20.1 Å². The number of nitrogens with zero attached hydrogens (tertiary/aromatic N) is 1. The highest BCUT2D eigenvalue weighted by Crippen LogP contribution is 2.34. The number of ether oxygens (including phenoxy) is 2. The summed E-state index contributed by atoms with van der Waals surface area (Å²) in [6.45, 7) is 1.55. The normalized spacial score (nSPS) is 23.3. The van der Waals surface area contributed by atoms with Gasteiger partial charge in [-0.3, -0.25) is 0 Å². The molecular formula is C14H22N2O3. The summed E-state index contributed by atoms with van der Waals surface area (Å²) < 4.78 is 10.6. The van der Waals surface area contributed by atoms with Gasteiger partial charge < -0.3 is 25.2 Å². The van der Waals surface area contributed by atoms with Crippen LogP contribution in [0.1, 0.15) is 12.8 Å². The predicted molar refractivity (Wildman–Crippen MR) is 75.0 cm³/mol. The average molecular weight is 266 g/mol. The molecule has 1 aliphatic rings. The topological polar surface area (TPSA) is 68.0 Å². The quantitative estimate of drug-likeness (QED) is 0.851. The minimum Gasteiger partial charge on any atom is -0.497 e. The second-order valence-corrected chi connectivity index (χ2v) is 5.08. The Morgan fingerprint density at radius 2 is 2.16 bits per heavy atom. The predicted octanol–water partition coefficient (Wildman–Crippen LogP) is 0.994. The van der Waals surface area contributed by atoms with Crippen LogP contribution in [0.25, 0.3) is 0 Å². The van der Waals surface area contributed by atoms with Gasteiger partial charge in [-0.2, -0.15) is 0 Å². The van der Waals surface area contributed by atoms with Gasteiger partial charge in [0, 0.05) is 19.2 Å². The zero-order chi connectivity index (χ0) is 13.9. The zero-order valence-electron chi connectivity index (χ0n) is 11.6. The first-order valence-corrected chi connectivity index (χ1v) is 6.48. The molecule has 1 aromatic carbocycles. The number of anilines is 1. The fraction of sp³-hybridized carbons (Fsp3) is 0.571. The van der Waals surface area contributed by atoms with Crippen LogP contribution in [0, 0.1) is 0 Å². The molecule has 5 heteroatoms. The maximum absolute atomic E-state index is 9.42. The van der Waals surface area contributed by atoms with Crippen molar-refractivity contribution in [2.24, 2.45) is 5.73 Å². The highest BCUT2D eigenvalue weighted by Gasteiger charge is 2.32. The second-order valence-electron chi connectivity index (χ2n) is 5.08. The molecule has 0 spiro atoms. The Hall–Kier alpha value is -1.46. The summed E-state index contributed by atoms with van der Waals surface area (Å²) in [4.78, 5) is 2.16. The van der Waals surface area contributed by atoms with E-state index in [1.807, 2.05) is 18.2 Å². The largest absolute Gasteiger partial charge is 0.497 e. The lowest BCUT2D eigenvalue weighted by molar-refractivity contribution is 0.176. The van der Waals surface area contributed by atoms with Gasteiger partial charge in [-0.15, -0.1) is 0 Å². The lowest BCUT2D eigenvalue weighted by atomic mass is 9.90. The van der Waals surface area contributed by atoms with E-state index in [4.69, 9.17) is 15.2 Å². The van der Waals surface area contributed by atoms with Gasteiger partial charge in [0.05, 0.1) is 32.1 Å². The van der Waals surface area contributed by atoms with Gasteiger partial charge in [0.2, 0.25) is 0 Å². The summed E-state index contributed by atoms with van der Waals surface area (Å²) in [6, 6.07) is 5.74. The fourth-order valence-electron chi connectivity index (χ4n) is 2.54. The van der Waals surface area contributed by atoms with Crippen LogP contribution in [-0.4, -0.2) is 44.6 Å². The number of rotatable bonds is 4. The van der Waals surface area contributed by atoms with E-state index in [-0.39, 0.29) is 6.61 Å². The molecular weight excluding hydrogens is 244 g/mol. The monoisotopic (exact) mass is 266 g/mol. The molecule has 1 fully saturated rings. The van der Waals surface area contributed by atoms with Gasteiger partial charge in [-0.25, -0.2) is 0 Å². The summed E-state index contributed by atoms with van der Waals surface area (Å²) in [5, 5.41) is 9.42. The molecule has 0 amide bonds. The molecule has 1 aromatic rings. The maximum Gasteiger partial charge on any atom is 0.145 e. The minimum absolute atomic E-state index is 0.00195. The maximum atomic E-state index is 9.42. The third-order valence-electron chi connectivity index (χ3n) is 3.65. The van der Waals surface area contributed by atoms with Crippen molar-refractivity contribution in [2.45, 2.75) is 18.4 Å². The summed E-state index contributed by atoms with van der Waals surface area (Å²) >= 11 is 0. The zero-order valence-corrected chi connectivity index (χ0v) is 11.6. The number of hydrogen-bond acceptors (Lipinski definition) is 5. The molecule has 1 heterocycles. The van der Waals surface area contributed by atoms with Crippen molar-refractivity contribution in [3.8, 4) is 11.5 Å². The minimum atomic E-state index is -0.525. The van der Waals surface area contributed by atoms with Gasteiger partial charge in [0.25, 0.3) is 0 Å². The average Bonchev–Trinajstić information content (AvgIpc) is 2.46. The third kappa shape index (κ3) is 2.93. The standard InChI is InChI=1S/C14H22N2O3/c1-18-11-4-5-12(13(8-11)19-2)16-7-3-6-14(15,9-16)10-17/h4-5,8,17H,3,6-7,9-10,15H2,1-2H3. The number of piperidine rings is 1.